The summed E-state index contributed by atoms with van der Waals surface area (Å²) in [6, 6.07) is 5.88. The van der Waals surface area contributed by atoms with Gasteiger partial charge in [-0.3, -0.25) is 5.10 Å². The zero-order chi connectivity index (χ0) is 8.55. The van der Waals surface area contributed by atoms with E-state index in [1.54, 1.807) is 7.11 Å². The van der Waals surface area contributed by atoms with Gasteiger partial charge >= 0.3 is 0 Å². The van der Waals surface area contributed by atoms with Crippen molar-refractivity contribution >= 4 is 26.8 Å². The Bertz CT molecular complexity index is 410. The van der Waals surface area contributed by atoms with Gasteiger partial charge in [0.05, 0.1) is 18.0 Å². The van der Waals surface area contributed by atoms with Gasteiger partial charge in [0.2, 0.25) is 5.88 Å². The van der Waals surface area contributed by atoms with Gasteiger partial charge in [0.15, 0.2) is 0 Å². The molecule has 1 N–H and O–H groups in total. The molecule has 0 saturated carbocycles. The minimum Gasteiger partial charge on any atom is -0.480 e. The molecular formula is C8H7BrN2O. The van der Waals surface area contributed by atoms with Crippen LogP contribution in [0.15, 0.2) is 22.7 Å². The van der Waals surface area contributed by atoms with Crippen LogP contribution in [0.4, 0.5) is 0 Å². The van der Waals surface area contributed by atoms with Crippen molar-refractivity contribution in [3.63, 3.8) is 0 Å². The molecular weight excluding hydrogens is 220 g/mol. The van der Waals surface area contributed by atoms with Crippen molar-refractivity contribution in [3.05, 3.63) is 22.7 Å². The fourth-order valence-electron chi connectivity index (χ4n) is 1.12. The number of rotatable bonds is 1. The Morgan fingerprint density at radius 2 is 2.33 bits per heavy atom. The average molecular weight is 227 g/mol. The molecule has 1 aromatic carbocycles. The van der Waals surface area contributed by atoms with E-state index in [1.807, 2.05) is 18.2 Å². The second-order valence-electron chi connectivity index (χ2n) is 2.42. The van der Waals surface area contributed by atoms with E-state index in [-0.39, 0.29) is 0 Å². The molecule has 1 heterocycles. The first-order valence-electron chi connectivity index (χ1n) is 3.49. The third-order valence-corrected chi connectivity index (χ3v) is 2.18. The van der Waals surface area contributed by atoms with Gasteiger partial charge in [0.1, 0.15) is 0 Å². The van der Waals surface area contributed by atoms with E-state index in [4.69, 9.17) is 4.74 Å². The predicted octanol–water partition coefficient (Wildman–Crippen LogP) is 2.33. The zero-order valence-corrected chi connectivity index (χ0v) is 8.05. The van der Waals surface area contributed by atoms with Crippen LogP contribution in [0.2, 0.25) is 0 Å². The summed E-state index contributed by atoms with van der Waals surface area (Å²) in [5, 5.41) is 7.85. The lowest BCUT2D eigenvalue weighted by Crippen LogP contribution is -1.81. The lowest BCUT2D eigenvalue weighted by Gasteiger charge is -1.93. The number of aromatic nitrogens is 2. The molecule has 0 aliphatic carbocycles. The van der Waals surface area contributed by atoms with Crippen molar-refractivity contribution in [2.24, 2.45) is 0 Å². The highest BCUT2D eigenvalue weighted by Gasteiger charge is 2.04. The van der Waals surface area contributed by atoms with Crippen LogP contribution >= 0.6 is 15.9 Å². The zero-order valence-electron chi connectivity index (χ0n) is 6.47. The van der Waals surface area contributed by atoms with Crippen LogP contribution in [-0.2, 0) is 0 Å². The summed E-state index contributed by atoms with van der Waals surface area (Å²) in [5.74, 6) is 0.631. The number of H-pyrrole nitrogens is 1. The molecule has 2 rings (SSSR count). The molecule has 0 amide bonds. The number of methoxy groups -OCH3 is 1. The summed E-state index contributed by atoms with van der Waals surface area (Å²) in [7, 11) is 1.61. The summed E-state index contributed by atoms with van der Waals surface area (Å²) in [6.07, 6.45) is 0. The normalized spacial score (nSPS) is 10.5. The van der Waals surface area contributed by atoms with E-state index < -0.39 is 0 Å². The number of fused-ring (bicyclic) bond motifs is 1. The van der Waals surface area contributed by atoms with E-state index in [9.17, 15) is 0 Å². The van der Waals surface area contributed by atoms with Crippen LogP contribution < -0.4 is 4.74 Å². The summed E-state index contributed by atoms with van der Waals surface area (Å²) in [4.78, 5) is 0. The molecule has 0 fully saturated rings. The summed E-state index contributed by atoms with van der Waals surface area (Å²) in [6.45, 7) is 0. The van der Waals surface area contributed by atoms with Gasteiger partial charge in [-0.15, -0.1) is 5.10 Å². The fraction of sp³-hybridized carbons (Fsp3) is 0.125. The standard InChI is InChI=1S/C8H7BrN2O/c1-12-8-6-4-5(9)2-3-7(6)10-11-8/h2-4H,1H3,(H,10,11). The topological polar surface area (TPSA) is 37.9 Å². The van der Waals surface area contributed by atoms with Gasteiger partial charge in [-0.2, -0.15) is 0 Å². The number of hydrogen-bond acceptors (Lipinski definition) is 2. The highest BCUT2D eigenvalue weighted by atomic mass is 79.9. The Balaban J connectivity index is 2.75. The quantitative estimate of drug-likeness (QED) is 0.811. The van der Waals surface area contributed by atoms with E-state index in [0.29, 0.717) is 5.88 Å². The number of nitrogens with one attached hydrogen (secondary N) is 1. The van der Waals surface area contributed by atoms with Crippen molar-refractivity contribution in [2.45, 2.75) is 0 Å². The van der Waals surface area contributed by atoms with E-state index in [1.165, 1.54) is 0 Å². The summed E-state index contributed by atoms with van der Waals surface area (Å²) < 4.78 is 6.08. The second-order valence-corrected chi connectivity index (χ2v) is 3.34. The summed E-state index contributed by atoms with van der Waals surface area (Å²) in [5.41, 5.74) is 0.982. The number of nitrogens with zero attached hydrogens (tertiary/aromatic N) is 1. The minimum absolute atomic E-state index is 0.631. The van der Waals surface area contributed by atoms with Gasteiger partial charge in [-0.05, 0) is 18.2 Å². The SMILES string of the molecule is COc1n[nH]c2ccc(Br)cc12. The molecule has 2 aromatic rings. The Kier molecular flexibility index (Phi) is 1.77. The molecule has 4 heteroatoms. The molecule has 0 radical (unpaired) electrons. The van der Waals surface area contributed by atoms with Crippen LogP contribution in [0.25, 0.3) is 10.9 Å². The minimum atomic E-state index is 0.631. The molecule has 1 aromatic heterocycles. The highest BCUT2D eigenvalue weighted by molar-refractivity contribution is 9.10. The molecule has 0 bridgehead atoms. The maximum Gasteiger partial charge on any atom is 0.240 e. The lowest BCUT2D eigenvalue weighted by molar-refractivity contribution is 0.401. The van der Waals surface area contributed by atoms with E-state index in [2.05, 4.69) is 26.1 Å². The summed E-state index contributed by atoms with van der Waals surface area (Å²) >= 11 is 3.38. The molecule has 0 aliphatic heterocycles. The van der Waals surface area contributed by atoms with Crippen molar-refractivity contribution in [3.8, 4) is 5.88 Å². The maximum atomic E-state index is 5.06. The van der Waals surface area contributed by atoms with Crippen LogP contribution in [0.3, 0.4) is 0 Å². The Morgan fingerprint density at radius 3 is 3.08 bits per heavy atom. The number of halogens is 1. The number of hydrogen-bond donors (Lipinski definition) is 1. The van der Waals surface area contributed by atoms with Crippen molar-refractivity contribution < 1.29 is 4.74 Å². The molecule has 12 heavy (non-hydrogen) atoms. The maximum absolute atomic E-state index is 5.06. The lowest BCUT2D eigenvalue weighted by atomic mass is 10.2. The Morgan fingerprint density at radius 1 is 1.50 bits per heavy atom. The Labute approximate surface area is 77.9 Å². The van der Waals surface area contributed by atoms with Gasteiger partial charge in [-0.25, -0.2) is 0 Å². The van der Waals surface area contributed by atoms with Gasteiger partial charge in [0.25, 0.3) is 0 Å². The highest BCUT2D eigenvalue weighted by Crippen LogP contribution is 2.25. The molecule has 62 valence electrons. The smallest absolute Gasteiger partial charge is 0.240 e. The molecule has 0 aliphatic rings. The van der Waals surface area contributed by atoms with Crippen molar-refractivity contribution in [1.29, 1.82) is 0 Å². The molecule has 3 nitrogen and oxygen atoms in total. The first-order valence-corrected chi connectivity index (χ1v) is 4.28. The van der Waals surface area contributed by atoms with Gasteiger partial charge in [0, 0.05) is 4.47 Å². The molecule has 0 spiro atoms. The van der Waals surface area contributed by atoms with Crippen molar-refractivity contribution in [1.82, 2.24) is 10.2 Å². The van der Waals surface area contributed by atoms with Crippen LogP contribution in [-0.4, -0.2) is 17.3 Å². The first kappa shape index (κ1) is 7.61. The third kappa shape index (κ3) is 1.08. The molecule has 0 atom stereocenters. The van der Waals surface area contributed by atoms with Crippen LogP contribution in [0.5, 0.6) is 5.88 Å². The number of benzene rings is 1. The average Bonchev–Trinajstić information content (AvgIpc) is 2.46. The van der Waals surface area contributed by atoms with E-state index in [0.717, 1.165) is 15.4 Å². The number of aromatic amines is 1. The van der Waals surface area contributed by atoms with Crippen LogP contribution in [0, 0.1) is 0 Å². The predicted molar refractivity (Wildman–Crippen MR) is 50.3 cm³/mol. The fourth-order valence-corrected chi connectivity index (χ4v) is 1.48. The monoisotopic (exact) mass is 226 g/mol. The largest absolute Gasteiger partial charge is 0.480 e. The van der Waals surface area contributed by atoms with Crippen LogP contribution in [0.1, 0.15) is 0 Å². The third-order valence-electron chi connectivity index (χ3n) is 1.68. The second kappa shape index (κ2) is 2.79. The van der Waals surface area contributed by atoms with E-state index >= 15 is 0 Å². The first-order chi connectivity index (χ1) is 5.81. The van der Waals surface area contributed by atoms with Gasteiger partial charge in [-0.1, -0.05) is 15.9 Å². The number of ether oxygens (including phenoxy) is 1. The Hall–Kier alpha value is -1.03. The molecule has 0 unspecified atom stereocenters. The van der Waals surface area contributed by atoms with Crippen molar-refractivity contribution in [2.75, 3.05) is 7.11 Å². The van der Waals surface area contributed by atoms with Gasteiger partial charge < -0.3 is 4.74 Å². The molecule has 0 saturated heterocycles.